The highest BCUT2D eigenvalue weighted by Crippen LogP contribution is 2.28. The van der Waals surface area contributed by atoms with E-state index >= 15 is 0 Å². The molecule has 0 atom stereocenters. The summed E-state index contributed by atoms with van der Waals surface area (Å²) in [6.45, 7) is 7.08. The molecule has 20 heavy (non-hydrogen) atoms. The largest absolute Gasteiger partial charge is 0.310 e. The van der Waals surface area contributed by atoms with Crippen LogP contribution in [-0.2, 0) is 6.54 Å². The molecule has 0 spiro atoms. The Hall–Kier alpha value is -1.32. The third-order valence-electron chi connectivity index (χ3n) is 4.09. The molecule has 1 aliphatic carbocycles. The van der Waals surface area contributed by atoms with Gasteiger partial charge in [-0.15, -0.1) is 0 Å². The molecule has 1 aromatic heterocycles. The Bertz CT molecular complexity index is 641. The van der Waals surface area contributed by atoms with E-state index in [2.05, 4.69) is 30.3 Å². The van der Waals surface area contributed by atoms with E-state index in [1.165, 1.54) is 24.0 Å². The summed E-state index contributed by atoms with van der Waals surface area (Å²) >= 11 is 6.44. The molecular formula is C16H20ClN3. The first-order chi connectivity index (χ1) is 9.58. The van der Waals surface area contributed by atoms with Crippen LogP contribution in [0.4, 0.5) is 0 Å². The van der Waals surface area contributed by atoms with E-state index in [0.29, 0.717) is 6.04 Å². The van der Waals surface area contributed by atoms with Crippen LogP contribution in [0.25, 0.3) is 5.69 Å². The van der Waals surface area contributed by atoms with Crippen LogP contribution >= 0.6 is 11.6 Å². The third kappa shape index (κ3) is 2.48. The average molecular weight is 290 g/mol. The number of nitrogens with zero attached hydrogens (tertiary/aromatic N) is 2. The van der Waals surface area contributed by atoms with Gasteiger partial charge in [-0.05, 0) is 50.8 Å². The minimum Gasteiger partial charge on any atom is -0.310 e. The molecule has 1 N–H and O–H groups in total. The zero-order valence-electron chi connectivity index (χ0n) is 12.2. The number of aromatic nitrogens is 2. The first kappa shape index (κ1) is 13.7. The van der Waals surface area contributed by atoms with Gasteiger partial charge in [-0.2, -0.15) is 5.10 Å². The Balaban J connectivity index is 2.03. The summed E-state index contributed by atoms with van der Waals surface area (Å²) in [4.78, 5) is 0. The predicted octanol–water partition coefficient (Wildman–Crippen LogP) is 3.70. The molecule has 1 aromatic carbocycles. The van der Waals surface area contributed by atoms with E-state index in [0.717, 1.165) is 28.6 Å². The second kappa shape index (κ2) is 5.23. The van der Waals surface area contributed by atoms with E-state index in [1.807, 2.05) is 23.7 Å². The van der Waals surface area contributed by atoms with E-state index in [1.54, 1.807) is 0 Å². The van der Waals surface area contributed by atoms with Crippen LogP contribution in [-0.4, -0.2) is 15.8 Å². The molecular weight excluding hydrogens is 270 g/mol. The Labute approximate surface area is 124 Å². The van der Waals surface area contributed by atoms with Crippen molar-refractivity contribution in [3.63, 3.8) is 0 Å². The quantitative estimate of drug-likeness (QED) is 0.930. The molecule has 0 radical (unpaired) electrons. The van der Waals surface area contributed by atoms with Crippen molar-refractivity contribution in [1.82, 2.24) is 15.1 Å². The molecule has 0 amide bonds. The molecule has 0 aliphatic heterocycles. The summed E-state index contributed by atoms with van der Waals surface area (Å²) in [6.07, 6.45) is 2.57. The van der Waals surface area contributed by atoms with Crippen LogP contribution in [0, 0.1) is 20.8 Å². The van der Waals surface area contributed by atoms with Crippen molar-refractivity contribution >= 4 is 11.6 Å². The summed E-state index contributed by atoms with van der Waals surface area (Å²) in [5, 5.41) is 8.96. The maximum absolute atomic E-state index is 6.44. The second-order valence-corrected chi connectivity index (χ2v) is 6.02. The molecule has 2 aromatic rings. The molecule has 1 saturated carbocycles. The molecule has 1 fully saturated rings. The van der Waals surface area contributed by atoms with Crippen LogP contribution < -0.4 is 5.32 Å². The Kier molecular flexibility index (Phi) is 3.57. The Morgan fingerprint density at radius 3 is 2.65 bits per heavy atom. The number of aryl methyl sites for hydroxylation is 1. The topological polar surface area (TPSA) is 29.9 Å². The monoisotopic (exact) mass is 289 g/mol. The van der Waals surface area contributed by atoms with Gasteiger partial charge in [-0.1, -0.05) is 23.7 Å². The zero-order chi connectivity index (χ0) is 14.3. The van der Waals surface area contributed by atoms with Crippen LogP contribution in [0.3, 0.4) is 0 Å². The summed E-state index contributed by atoms with van der Waals surface area (Å²) in [5.41, 5.74) is 5.66. The lowest BCUT2D eigenvalue weighted by Crippen LogP contribution is -2.17. The van der Waals surface area contributed by atoms with Gasteiger partial charge >= 0.3 is 0 Å². The Morgan fingerprint density at radius 1 is 1.30 bits per heavy atom. The second-order valence-electron chi connectivity index (χ2n) is 5.61. The van der Waals surface area contributed by atoms with E-state index in [4.69, 9.17) is 11.6 Å². The number of halogens is 1. The first-order valence-corrected chi connectivity index (χ1v) is 7.49. The number of hydrogen-bond donors (Lipinski definition) is 1. The standard InChI is InChI=1S/C16H20ClN3/c1-10-11(2)19-20(12(10)3)16-13(5-4-6-15(16)17)9-18-14-7-8-14/h4-6,14,18H,7-9H2,1-3H3. The lowest BCUT2D eigenvalue weighted by Gasteiger charge is -2.14. The average Bonchev–Trinajstić information content (AvgIpc) is 3.21. The van der Waals surface area contributed by atoms with Crippen LogP contribution in [0.15, 0.2) is 18.2 Å². The first-order valence-electron chi connectivity index (χ1n) is 7.12. The van der Waals surface area contributed by atoms with Crippen molar-refractivity contribution < 1.29 is 0 Å². The van der Waals surface area contributed by atoms with Crippen LogP contribution in [0.5, 0.6) is 0 Å². The summed E-state index contributed by atoms with van der Waals surface area (Å²) in [7, 11) is 0. The van der Waals surface area contributed by atoms with E-state index in [-0.39, 0.29) is 0 Å². The summed E-state index contributed by atoms with van der Waals surface area (Å²) < 4.78 is 1.98. The highest BCUT2D eigenvalue weighted by molar-refractivity contribution is 6.32. The number of rotatable bonds is 4. The Morgan fingerprint density at radius 2 is 2.05 bits per heavy atom. The molecule has 0 unspecified atom stereocenters. The van der Waals surface area contributed by atoms with Gasteiger partial charge < -0.3 is 5.32 Å². The maximum Gasteiger partial charge on any atom is 0.0879 e. The van der Waals surface area contributed by atoms with Crippen molar-refractivity contribution in [3.05, 3.63) is 45.7 Å². The van der Waals surface area contributed by atoms with Crippen LogP contribution in [0.1, 0.15) is 35.4 Å². The van der Waals surface area contributed by atoms with Crippen molar-refractivity contribution in [2.45, 2.75) is 46.2 Å². The third-order valence-corrected chi connectivity index (χ3v) is 4.40. The van der Waals surface area contributed by atoms with Gasteiger partial charge in [0.25, 0.3) is 0 Å². The van der Waals surface area contributed by atoms with Crippen LogP contribution in [0.2, 0.25) is 5.02 Å². The van der Waals surface area contributed by atoms with Gasteiger partial charge in [-0.3, -0.25) is 0 Å². The number of hydrogen-bond acceptors (Lipinski definition) is 2. The smallest absolute Gasteiger partial charge is 0.0879 e. The predicted molar refractivity (Wildman–Crippen MR) is 82.6 cm³/mol. The van der Waals surface area contributed by atoms with Gasteiger partial charge in [0.05, 0.1) is 16.4 Å². The molecule has 0 bridgehead atoms. The molecule has 1 aliphatic rings. The van der Waals surface area contributed by atoms with Crippen molar-refractivity contribution in [3.8, 4) is 5.69 Å². The SMILES string of the molecule is Cc1nn(-c2c(Cl)cccc2CNC2CC2)c(C)c1C. The van der Waals surface area contributed by atoms with Crippen molar-refractivity contribution in [2.24, 2.45) is 0 Å². The van der Waals surface area contributed by atoms with Gasteiger partial charge in [0.15, 0.2) is 0 Å². The molecule has 3 rings (SSSR count). The molecule has 1 heterocycles. The molecule has 3 nitrogen and oxygen atoms in total. The highest BCUT2D eigenvalue weighted by Gasteiger charge is 2.21. The fourth-order valence-electron chi connectivity index (χ4n) is 2.42. The fourth-order valence-corrected chi connectivity index (χ4v) is 2.69. The van der Waals surface area contributed by atoms with Crippen molar-refractivity contribution in [1.29, 1.82) is 0 Å². The zero-order valence-corrected chi connectivity index (χ0v) is 13.0. The van der Waals surface area contributed by atoms with Gasteiger partial charge in [-0.25, -0.2) is 4.68 Å². The number of nitrogens with one attached hydrogen (secondary N) is 1. The van der Waals surface area contributed by atoms with Gasteiger partial charge in [0.1, 0.15) is 0 Å². The number of benzene rings is 1. The fraction of sp³-hybridized carbons (Fsp3) is 0.438. The normalized spacial score (nSPS) is 14.8. The summed E-state index contributed by atoms with van der Waals surface area (Å²) in [6, 6.07) is 6.75. The lowest BCUT2D eigenvalue weighted by molar-refractivity contribution is 0.679. The van der Waals surface area contributed by atoms with Gasteiger partial charge in [0.2, 0.25) is 0 Å². The lowest BCUT2D eigenvalue weighted by atomic mass is 10.1. The molecule has 106 valence electrons. The van der Waals surface area contributed by atoms with E-state index < -0.39 is 0 Å². The maximum atomic E-state index is 6.44. The number of para-hydroxylation sites is 1. The minimum absolute atomic E-state index is 0.684. The van der Waals surface area contributed by atoms with Crippen molar-refractivity contribution in [2.75, 3.05) is 0 Å². The molecule has 4 heteroatoms. The molecule has 0 saturated heterocycles. The minimum atomic E-state index is 0.684. The highest BCUT2D eigenvalue weighted by atomic mass is 35.5. The van der Waals surface area contributed by atoms with Gasteiger partial charge in [0, 0.05) is 18.3 Å². The van der Waals surface area contributed by atoms with E-state index in [9.17, 15) is 0 Å². The summed E-state index contributed by atoms with van der Waals surface area (Å²) in [5.74, 6) is 0.